The van der Waals surface area contributed by atoms with Crippen LogP contribution in [0.25, 0.3) is 0 Å². The van der Waals surface area contributed by atoms with Gasteiger partial charge in [0.2, 0.25) is 0 Å². The molecule has 0 radical (unpaired) electrons. The van der Waals surface area contributed by atoms with Crippen molar-refractivity contribution in [3.63, 3.8) is 0 Å². The summed E-state index contributed by atoms with van der Waals surface area (Å²) in [5.41, 5.74) is 1.23. The van der Waals surface area contributed by atoms with E-state index in [1.165, 1.54) is 18.4 Å². The summed E-state index contributed by atoms with van der Waals surface area (Å²) in [6.45, 7) is 0.894. The second-order valence-electron chi connectivity index (χ2n) is 4.56. The van der Waals surface area contributed by atoms with E-state index in [0.29, 0.717) is 6.04 Å². The molecule has 1 saturated carbocycles. The van der Waals surface area contributed by atoms with Crippen molar-refractivity contribution in [1.29, 1.82) is 0 Å². The van der Waals surface area contributed by atoms with Crippen molar-refractivity contribution in [1.82, 2.24) is 15.5 Å². The largest absolute Gasteiger partial charge is 0.310 e. The molecule has 0 spiro atoms. The lowest BCUT2D eigenvalue weighted by atomic mass is 10.2. The first-order valence-electron chi connectivity index (χ1n) is 6.32. The van der Waals surface area contributed by atoms with E-state index in [4.69, 9.17) is 11.6 Å². The summed E-state index contributed by atoms with van der Waals surface area (Å²) >= 11 is 11.1. The molecule has 1 aliphatic rings. The Morgan fingerprint density at radius 3 is 2.80 bits per heavy atom. The summed E-state index contributed by atoms with van der Waals surface area (Å²) in [5, 5.41) is 12.5. The van der Waals surface area contributed by atoms with Gasteiger partial charge in [0.1, 0.15) is 0 Å². The Balaban J connectivity index is 1.66. The van der Waals surface area contributed by atoms with Crippen LogP contribution >= 0.6 is 46.5 Å². The summed E-state index contributed by atoms with van der Waals surface area (Å²) in [4.78, 5) is 1.03. The van der Waals surface area contributed by atoms with Crippen molar-refractivity contribution in [2.24, 2.45) is 0 Å². The van der Waals surface area contributed by atoms with E-state index in [0.717, 1.165) is 25.1 Å². The van der Waals surface area contributed by atoms with Gasteiger partial charge in [-0.05, 0) is 36.8 Å². The van der Waals surface area contributed by atoms with E-state index in [-0.39, 0.29) is 0 Å². The molecule has 7 heteroatoms. The van der Waals surface area contributed by atoms with Crippen LogP contribution in [0.5, 0.6) is 0 Å². The van der Waals surface area contributed by atoms with Crippen LogP contribution in [0, 0.1) is 0 Å². The minimum atomic E-state index is 0.717. The molecule has 1 fully saturated rings. The SMILES string of the molecule is CSc1nnc(Sc2ccc(CNC3CC3)cc2Cl)s1. The zero-order valence-corrected chi connectivity index (χ0v) is 14.1. The normalized spacial score (nSPS) is 14.7. The zero-order valence-electron chi connectivity index (χ0n) is 10.9. The zero-order chi connectivity index (χ0) is 13.9. The van der Waals surface area contributed by atoms with Gasteiger partial charge in [-0.15, -0.1) is 10.2 Å². The molecule has 1 N–H and O–H groups in total. The summed E-state index contributed by atoms with van der Waals surface area (Å²) in [7, 11) is 0. The van der Waals surface area contributed by atoms with E-state index >= 15 is 0 Å². The molecule has 0 saturated heterocycles. The third kappa shape index (κ3) is 3.89. The van der Waals surface area contributed by atoms with Crippen molar-refractivity contribution >= 4 is 46.5 Å². The van der Waals surface area contributed by atoms with Gasteiger partial charge in [0.05, 0.1) is 5.02 Å². The average Bonchev–Trinajstić information content (AvgIpc) is 3.17. The van der Waals surface area contributed by atoms with Crippen LogP contribution in [0.3, 0.4) is 0 Å². The summed E-state index contributed by atoms with van der Waals surface area (Å²) < 4.78 is 1.91. The van der Waals surface area contributed by atoms with Crippen LogP contribution in [-0.4, -0.2) is 22.5 Å². The van der Waals surface area contributed by atoms with Crippen molar-refractivity contribution in [2.45, 2.75) is 39.0 Å². The maximum atomic E-state index is 6.35. The minimum absolute atomic E-state index is 0.717. The average molecular weight is 344 g/mol. The standard InChI is InChI=1S/C13H14ClN3S3/c1-18-12-16-17-13(20-12)19-11-5-2-8(6-10(11)14)7-15-9-3-4-9/h2,5-6,9,15H,3-4,7H2,1H3. The molecule has 0 unspecified atom stereocenters. The van der Waals surface area contributed by atoms with E-state index in [2.05, 4.69) is 27.6 Å². The summed E-state index contributed by atoms with van der Waals surface area (Å²) in [6.07, 6.45) is 4.61. The van der Waals surface area contributed by atoms with Crippen LogP contribution in [0.15, 0.2) is 31.8 Å². The number of aromatic nitrogens is 2. The predicted molar refractivity (Wildman–Crippen MR) is 87.1 cm³/mol. The van der Waals surface area contributed by atoms with Gasteiger partial charge in [-0.3, -0.25) is 0 Å². The van der Waals surface area contributed by atoms with E-state index in [1.54, 1.807) is 34.9 Å². The Labute approximate surface area is 135 Å². The molecule has 0 aliphatic heterocycles. The summed E-state index contributed by atoms with van der Waals surface area (Å²) in [6, 6.07) is 6.95. The Bertz CT molecular complexity index is 598. The Kier molecular flexibility index (Phi) is 4.88. The molecular formula is C13H14ClN3S3. The van der Waals surface area contributed by atoms with Crippen molar-refractivity contribution in [3.05, 3.63) is 28.8 Å². The second-order valence-corrected chi connectivity index (χ2v) is 8.29. The van der Waals surface area contributed by atoms with E-state index in [9.17, 15) is 0 Å². The maximum Gasteiger partial charge on any atom is 0.179 e. The molecule has 3 nitrogen and oxygen atoms in total. The molecule has 0 atom stereocenters. The van der Waals surface area contributed by atoms with Crippen molar-refractivity contribution < 1.29 is 0 Å². The molecule has 20 heavy (non-hydrogen) atoms. The third-order valence-electron chi connectivity index (χ3n) is 2.93. The van der Waals surface area contributed by atoms with Crippen molar-refractivity contribution in [2.75, 3.05) is 6.26 Å². The molecule has 0 bridgehead atoms. The minimum Gasteiger partial charge on any atom is -0.310 e. The van der Waals surface area contributed by atoms with Gasteiger partial charge in [0.15, 0.2) is 8.68 Å². The molecule has 1 aromatic carbocycles. The second kappa shape index (κ2) is 6.66. The molecule has 0 amide bonds. The first-order valence-corrected chi connectivity index (χ1v) is 9.55. The highest BCUT2D eigenvalue weighted by molar-refractivity contribution is 8.03. The quantitative estimate of drug-likeness (QED) is 0.791. The number of rotatable bonds is 6. The fraction of sp³-hybridized carbons (Fsp3) is 0.385. The number of benzene rings is 1. The smallest absolute Gasteiger partial charge is 0.179 e. The number of halogens is 1. The number of nitrogens with zero attached hydrogens (tertiary/aromatic N) is 2. The Morgan fingerprint density at radius 2 is 2.15 bits per heavy atom. The highest BCUT2D eigenvalue weighted by Crippen LogP contribution is 2.36. The van der Waals surface area contributed by atoms with Gasteiger partial charge in [-0.25, -0.2) is 0 Å². The van der Waals surface area contributed by atoms with Gasteiger partial charge in [0, 0.05) is 17.5 Å². The van der Waals surface area contributed by atoms with E-state index < -0.39 is 0 Å². The molecule has 1 aromatic heterocycles. The van der Waals surface area contributed by atoms with Crippen LogP contribution in [0.4, 0.5) is 0 Å². The summed E-state index contributed by atoms with van der Waals surface area (Å²) in [5.74, 6) is 0. The third-order valence-corrected chi connectivity index (χ3v) is 6.38. The number of hydrogen-bond donors (Lipinski definition) is 1. The van der Waals surface area contributed by atoms with Gasteiger partial charge >= 0.3 is 0 Å². The lowest BCUT2D eigenvalue weighted by Crippen LogP contribution is -2.15. The molecule has 1 aliphatic carbocycles. The maximum absolute atomic E-state index is 6.35. The first-order chi connectivity index (χ1) is 9.74. The molecule has 2 aromatic rings. The lowest BCUT2D eigenvalue weighted by Gasteiger charge is -2.06. The van der Waals surface area contributed by atoms with Crippen molar-refractivity contribution in [3.8, 4) is 0 Å². The topological polar surface area (TPSA) is 37.8 Å². The lowest BCUT2D eigenvalue weighted by molar-refractivity contribution is 0.687. The molecule has 106 valence electrons. The van der Waals surface area contributed by atoms with E-state index in [1.807, 2.05) is 12.3 Å². The van der Waals surface area contributed by atoms with Crippen LogP contribution in [0.2, 0.25) is 5.02 Å². The Hall–Kier alpha value is -0.270. The van der Waals surface area contributed by atoms with Gasteiger partial charge in [-0.1, -0.05) is 52.5 Å². The van der Waals surface area contributed by atoms with Gasteiger partial charge < -0.3 is 5.32 Å². The van der Waals surface area contributed by atoms with Crippen LogP contribution in [-0.2, 0) is 6.54 Å². The fourth-order valence-electron chi connectivity index (χ4n) is 1.70. The van der Waals surface area contributed by atoms with Gasteiger partial charge in [0.25, 0.3) is 0 Å². The molecular weight excluding hydrogens is 330 g/mol. The first kappa shape index (κ1) is 14.7. The van der Waals surface area contributed by atoms with Crippen LogP contribution in [0.1, 0.15) is 18.4 Å². The number of hydrogen-bond acceptors (Lipinski definition) is 6. The Morgan fingerprint density at radius 1 is 1.35 bits per heavy atom. The number of thioether (sulfide) groups is 1. The predicted octanol–water partition coefficient (Wildman–Crippen LogP) is 4.32. The fourth-order valence-corrected chi connectivity index (χ4v) is 4.42. The molecule has 3 rings (SSSR count). The monoisotopic (exact) mass is 343 g/mol. The van der Waals surface area contributed by atoms with Gasteiger partial charge in [-0.2, -0.15) is 0 Å². The number of nitrogens with one attached hydrogen (secondary N) is 1. The highest BCUT2D eigenvalue weighted by Gasteiger charge is 2.20. The van der Waals surface area contributed by atoms with Crippen LogP contribution < -0.4 is 5.32 Å². The molecule has 1 heterocycles. The highest BCUT2D eigenvalue weighted by atomic mass is 35.5.